The van der Waals surface area contributed by atoms with Gasteiger partial charge in [0.1, 0.15) is 0 Å². The van der Waals surface area contributed by atoms with Crippen molar-refractivity contribution in [1.29, 1.82) is 0 Å². The summed E-state index contributed by atoms with van der Waals surface area (Å²) in [6, 6.07) is 4.64. The third-order valence-corrected chi connectivity index (χ3v) is 4.36. The Bertz CT molecular complexity index is 377. The SMILES string of the molecule is CCC1(Cc2c(C)cc(C)cc2C)CCCN1. The number of benzene rings is 1. The molecule has 0 aliphatic carbocycles. The highest BCUT2D eigenvalue weighted by Crippen LogP contribution is 2.30. The Morgan fingerprint density at radius 1 is 1.18 bits per heavy atom. The fourth-order valence-corrected chi connectivity index (χ4v) is 3.27. The molecule has 0 amide bonds. The second kappa shape index (κ2) is 4.81. The van der Waals surface area contributed by atoms with Gasteiger partial charge in [0.05, 0.1) is 0 Å². The van der Waals surface area contributed by atoms with E-state index in [-0.39, 0.29) is 0 Å². The van der Waals surface area contributed by atoms with Gasteiger partial charge in [0, 0.05) is 5.54 Å². The highest BCUT2D eigenvalue weighted by molar-refractivity contribution is 5.38. The van der Waals surface area contributed by atoms with Gasteiger partial charge in [0.15, 0.2) is 0 Å². The monoisotopic (exact) mass is 231 g/mol. The summed E-state index contributed by atoms with van der Waals surface area (Å²) in [7, 11) is 0. The van der Waals surface area contributed by atoms with Crippen LogP contribution in [0.2, 0.25) is 0 Å². The zero-order valence-electron chi connectivity index (χ0n) is 11.7. The molecule has 0 saturated carbocycles. The molecule has 1 nitrogen and oxygen atoms in total. The molecule has 1 aromatic rings. The molecule has 0 bridgehead atoms. The van der Waals surface area contributed by atoms with Gasteiger partial charge in [-0.15, -0.1) is 0 Å². The predicted octanol–water partition coefficient (Wildman–Crippen LogP) is 3.69. The minimum absolute atomic E-state index is 0.366. The lowest BCUT2D eigenvalue weighted by molar-refractivity contribution is 0.358. The Hall–Kier alpha value is -0.820. The van der Waals surface area contributed by atoms with Crippen molar-refractivity contribution < 1.29 is 0 Å². The molecular weight excluding hydrogens is 206 g/mol. The van der Waals surface area contributed by atoms with Crippen LogP contribution in [0.3, 0.4) is 0 Å². The first-order chi connectivity index (χ1) is 8.06. The summed E-state index contributed by atoms with van der Waals surface area (Å²) < 4.78 is 0. The maximum atomic E-state index is 3.74. The van der Waals surface area contributed by atoms with Crippen LogP contribution in [0.15, 0.2) is 12.1 Å². The molecule has 1 aliphatic heterocycles. The molecule has 1 heteroatoms. The summed E-state index contributed by atoms with van der Waals surface area (Å²) in [6.45, 7) is 10.2. The van der Waals surface area contributed by atoms with Crippen molar-refractivity contribution in [2.45, 2.75) is 58.9 Å². The number of nitrogens with one attached hydrogen (secondary N) is 1. The van der Waals surface area contributed by atoms with Crippen LogP contribution in [-0.4, -0.2) is 12.1 Å². The predicted molar refractivity (Wildman–Crippen MR) is 74.6 cm³/mol. The van der Waals surface area contributed by atoms with Crippen LogP contribution in [0.25, 0.3) is 0 Å². The van der Waals surface area contributed by atoms with Crippen LogP contribution in [0.4, 0.5) is 0 Å². The zero-order chi connectivity index (χ0) is 12.5. The second-order valence-corrected chi connectivity index (χ2v) is 5.72. The topological polar surface area (TPSA) is 12.0 Å². The molecule has 1 unspecified atom stereocenters. The van der Waals surface area contributed by atoms with Crippen molar-refractivity contribution in [2.24, 2.45) is 0 Å². The van der Waals surface area contributed by atoms with Crippen LogP contribution in [0.1, 0.15) is 48.4 Å². The van der Waals surface area contributed by atoms with Gasteiger partial charge >= 0.3 is 0 Å². The molecule has 0 radical (unpaired) electrons. The van der Waals surface area contributed by atoms with Crippen LogP contribution in [0.5, 0.6) is 0 Å². The first-order valence-electron chi connectivity index (χ1n) is 6.88. The fraction of sp³-hybridized carbons (Fsp3) is 0.625. The Labute approximate surface area is 106 Å². The molecule has 1 heterocycles. The van der Waals surface area contributed by atoms with Gasteiger partial charge in [-0.2, -0.15) is 0 Å². The molecule has 1 atom stereocenters. The molecule has 0 aromatic heterocycles. The van der Waals surface area contributed by atoms with E-state index in [9.17, 15) is 0 Å². The Morgan fingerprint density at radius 2 is 1.82 bits per heavy atom. The number of rotatable bonds is 3. The first-order valence-corrected chi connectivity index (χ1v) is 6.88. The highest BCUT2D eigenvalue weighted by atomic mass is 15.0. The smallest absolute Gasteiger partial charge is 0.0219 e. The summed E-state index contributed by atoms with van der Waals surface area (Å²) >= 11 is 0. The molecule has 1 saturated heterocycles. The molecule has 0 spiro atoms. The normalized spacial score (nSPS) is 24.2. The third-order valence-electron chi connectivity index (χ3n) is 4.36. The summed E-state index contributed by atoms with van der Waals surface area (Å²) in [5, 5.41) is 3.74. The van der Waals surface area contributed by atoms with Crippen molar-refractivity contribution in [3.8, 4) is 0 Å². The van der Waals surface area contributed by atoms with Crippen LogP contribution in [-0.2, 0) is 6.42 Å². The molecule has 2 rings (SSSR count). The maximum absolute atomic E-state index is 3.74. The third kappa shape index (κ3) is 2.55. The quantitative estimate of drug-likeness (QED) is 0.836. The second-order valence-electron chi connectivity index (χ2n) is 5.72. The Kier molecular flexibility index (Phi) is 3.58. The van der Waals surface area contributed by atoms with Gasteiger partial charge in [-0.3, -0.25) is 0 Å². The molecule has 94 valence electrons. The lowest BCUT2D eigenvalue weighted by Gasteiger charge is -2.30. The van der Waals surface area contributed by atoms with Crippen LogP contribution >= 0.6 is 0 Å². The molecule has 1 aliphatic rings. The maximum Gasteiger partial charge on any atom is 0.0219 e. The van der Waals surface area contributed by atoms with Gasteiger partial charge < -0.3 is 5.32 Å². The summed E-state index contributed by atoms with van der Waals surface area (Å²) in [5.41, 5.74) is 6.23. The summed E-state index contributed by atoms with van der Waals surface area (Å²) in [5.74, 6) is 0. The van der Waals surface area contributed by atoms with Crippen molar-refractivity contribution in [3.63, 3.8) is 0 Å². The van der Waals surface area contributed by atoms with E-state index in [1.54, 1.807) is 5.56 Å². The molecule has 1 N–H and O–H groups in total. The van der Waals surface area contributed by atoms with E-state index in [0.717, 1.165) is 0 Å². The van der Waals surface area contributed by atoms with E-state index in [2.05, 4.69) is 45.1 Å². The average Bonchev–Trinajstić information content (AvgIpc) is 2.73. The van der Waals surface area contributed by atoms with Crippen molar-refractivity contribution in [2.75, 3.05) is 6.54 Å². The van der Waals surface area contributed by atoms with E-state index in [1.807, 2.05) is 0 Å². The van der Waals surface area contributed by atoms with E-state index in [4.69, 9.17) is 0 Å². The van der Waals surface area contributed by atoms with Gasteiger partial charge in [0.25, 0.3) is 0 Å². The van der Waals surface area contributed by atoms with E-state index in [1.165, 1.54) is 48.9 Å². The van der Waals surface area contributed by atoms with Crippen LogP contribution < -0.4 is 5.32 Å². The minimum Gasteiger partial charge on any atom is -0.311 e. The van der Waals surface area contributed by atoms with Crippen molar-refractivity contribution in [1.82, 2.24) is 5.32 Å². The van der Waals surface area contributed by atoms with E-state index in [0.29, 0.717) is 5.54 Å². The molecule has 17 heavy (non-hydrogen) atoms. The summed E-state index contributed by atoms with van der Waals surface area (Å²) in [6.07, 6.45) is 5.09. The standard InChI is InChI=1S/C16H25N/c1-5-16(7-6-8-17-16)11-15-13(3)9-12(2)10-14(15)4/h9-10,17H,5-8,11H2,1-4H3. The minimum atomic E-state index is 0.366. The lowest BCUT2D eigenvalue weighted by atomic mass is 9.83. The first kappa shape index (κ1) is 12.6. The van der Waals surface area contributed by atoms with Gasteiger partial charge in [0.2, 0.25) is 0 Å². The molecular formula is C16H25N. The number of hydrogen-bond donors (Lipinski definition) is 1. The number of hydrogen-bond acceptors (Lipinski definition) is 1. The zero-order valence-corrected chi connectivity index (χ0v) is 11.7. The molecule has 1 aromatic carbocycles. The van der Waals surface area contributed by atoms with Crippen molar-refractivity contribution in [3.05, 3.63) is 34.4 Å². The lowest BCUT2D eigenvalue weighted by Crippen LogP contribution is -2.41. The van der Waals surface area contributed by atoms with Gasteiger partial charge in [-0.1, -0.05) is 24.6 Å². The Balaban J connectivity index is 2.29. The van der Waals surface area contributed by atoms with Gasteiger partial charge in [-0.25, -0.2) is 0 Å². The highest BCUT2D eigenvalue weighted by Gasteiger charge is 2.32. The van der Waals surface area contributed by atoms with E-state index >= 15 is 0 Å². The van der Waals surface area contributed by atoms with Crippen LogP contribution in [0, 0.1) is 20.8 Å². The number of aryl methyl sites for hydroxylation is 3. The fourth-order valence-electron chi connectivity index (χ4n) is 3.27. The average molecular weight is 231 g/mol. The van der Waals surface area contributed by atoms with E-state index < -0.39 is 0 Å². The van der Waals surface area contributed by atoms with Gasteiger partial charge in [-0.05, 0) is 69.7 Å². The largest absolute Gasteiger partial charge is 0.311 e. The van der Waals surface area contributed by atoms with Crippen molar-refractivity contribution >= 4 is 0 Å². The Morgan fingerprint density at radius 3 is 2.29 bits per heavy atom. The summed E-state index contributed by atoms with van der Waals surface area (Å²) in [4.78, 5) is 0. The molecule has 1 fully saturated rings.